The number of ether oxygens (including phenoxy) is 4. The molecule has 0 N–H and O–H groups in total. The van der Waals surface area contributed by atoms with E-state index in [4.69, 9.17) is 18.9 Å². The van der Waals surface area contributed by atoms with Gasteiger partial charge in [0.25, 0.3) is 5.56 Å². The molecular weight excluding hydrogens is 484 g/mol. The van der Waals surface area contributed by atoms with Crippen LogP contribution < -0.4 is 24.5 Å². The third-order valence-electron chi connectivity index (χ3n) is 5.87. The summed E-state index contributed by atoms with van der Waals surface area (Å²) in [5, 5.41) is 0.556. The standard InChI is InChI=1S/C30H28N2O6/c1-20-6-5-7-25-28(20)31-18-32(30(25)34)19-38-24-14-10-21(11-15-24)8-12-23(33)13-9-22-16-26(35-2)29(37-4)27(17-22)36-3/h5-18H,19H2,1-4H3/b12-8+,13-9+. The van der Waals surface area contributed by atoms with Gasteiger partial charge in [-0.05, 0) is 66.1 Å². The number of hydrogen-bond donors (Lipinski definition) is 0. The van der Waals surface area contributed by atoms with Gasteiger partial charge in [0.05, 0.1) is 32.2 Å². The maximum absolute atomic E-state index is 12.7. The SMILES string of the molecule is COc1cc(/C=C/C(=O)/C=C/c2ccc(OCn3cnc4c(C)cccc4c3=O)cc2)cc(OC)c1OC. The van der Waals surface area contributed by atoms with Gasteiger partial charge in [0, 0.05) is 0 Å². The molecule has 1 aromatic heterocycles. The summed E-state index contributed by atoms with van der Waals surface area (Å²) >= 11 is 0. The molecule has 0 fully saturated rings. The predicted molar refractivity (Wildman–Crippen MR) is 147 cm³/mol. The number of aromatic nitrogens is 2. The molecule has 0 saturated heterocycles. The van der Waals surface area contributed by atoms with Crippen LogP contribution in [0.1, 0.15) is 16.7 Å². The molecule has 4 aromatic rings. The molecule has 0 bridgehead atoms. The predicted octanol–water partition coefficient (Wildman–Crippen LogP) is 5.06. The number of ketones is 1. The average Bonchev–Trinajstić information content (AvgIpc) is 2.94. The van der Waals surface area contributed by atoms with E-state index in [0.717, 1.165) is 16.7 Å². The zero-order chi connectivity index (χ0) is 27.1. The van der Waals surface area contributed by atoms with Crippen LogP contribution in [0.5, 0.6) is 23.0 Å². The first-order chi connectivity index (χ1) is 18.4. The minimum absolute atomic E-state index is 0.0368. The summed E-state index contributed by atoms with van der Waals surface area (Å²) < 4.78 is 23.2. The summed E-state index contributed by atoms with van der Waals surface area (Å²) in [6.45, 7) is 1.96. The third-order valence-corrected chi connectivity index (χ3v) is 5.87. The van der Waals surface area contributed by atoms with E-state index in [1.807, 2.05) is 31.2 Å². The Balaban J connectivity index is 1.37. The molecule has 3 aromatic carbocycles. The van der Waals surface area contributed by atoms with Gasteiger partial charge in [0.2, 0.25) is 5.75 Å². The highest BCUT2D eigenvalue weighted by atomic mass is 16.5. The van der Waals surface area contributed by atoms with Crippen molar-refractivity contribution in [3.8, 4) is 23.0 Å². The van der Waals surface area contributed by atoms with Crippen molar-refractivity contribution in [3.05, 3.63) is 100 Å². The van der Waals surface area contributed by atoms with Crippen LogP contribution in [0.4, 0.5) is 0 Å². The van der Waals surface area contributed by atoms with Gasteiger partial charge in [-0.1, -0.05) is 36.4 Å². The molecule has 0 spiro atoms. The molecule has 1 heterocycles. The minimum Gasteiger partial charge on any atom is -0.493 e. The molecular formula is C30H28N2O6. The fourth-order valence-corrected chi connectivity index (χ4v) is 3.86. The first kappa shape index (κ1) is 26.2. The van der Waals surface area contributed by atoms with Gasteiger partial charge in [-0.3, -0.25) is 14.2 Å². The van der Waals surface area contributed by atoms with Crippen molar-refractivity contribution < 1.29 is 23.7 Å². The molecule has 0 amide bonds. The fourth-order valence-electron chi connectivity index (χ4n) is 3.86. The number of para-hydroxylation sites is 1. The van der Waals surface area contributed by atoms with Crippen LogP contribution in [0.25, 0.3) is 23.1 Å². The number of carbonyl (C=O) groups excluding carboxylic acids is 1. The number of allylic oxidation sites excluding steroid dienone is 2. The van der Waals surface area contributed by atoms with E-state index in [0.29, 0.717) is 33.9 Å². The number of fused-ring (bicyclic) bond motifs is 1. The summed E-state index contributed by atoms with van der Waals surface area (Å²) in [6.07, 6.45) is 7.83. The maximum Gasteiger partial charge on any atom is 0.263 e. The minimum atomic E-state index is -0.183. The number of carbonyl (C=O) groups is 1. The Labute approximate surface area is 220 Å². The van der Waals surface area contributed by atoms with Crippen molar-refractivity contribution in [2.45, 2.75) is 13.7 Å². The first-order valence-corrected chi connectivity index (χ1v) is 11.8. The monoisotopic (exact) mass is 512 g/mol. The molecule has 0 aliphatic carbocycles. The van der Waals surface area contributed by atoms with Gasteiger partial charge < -0.3 is 18.9 Å². The highest BCUT2D eigenvalue weighted by Crippen LogP contribution is 2.38. The first-order valence-electron chi connectivity index (χ1n) is 11.8. The number of benzene rings is 3. The van der Waals surface area contributed by atoms with Crippen molar-refractivity contribution in [2.24, 2.45) is 0 Å². The zero-order valence-corrected chi connectivity index (χ0v) is 21.6. The lowest BCUT2D eigenvalue weighted by molar-refractivity contribution is -0.110. The van der Waals surface area contributed by atoms with Gasteiger partial charge >= 0.3 is 0 Å². The van der Waals surface area contributed by atoms with E-state index >= 15 is 0 Å². The number of aryl methyl sites for hydroxylation is 1. The van der Waals surface area contributed by atoms with Gasteiger partial charge in [0.15, 0.2) is 24.0 Å². The Morgan fingerprint density at radius 1 is 0.895 bits per heavy atom. The Hall–Kier alpha value is -4.85. The maximum atomic E-state index is 12.7. The smallest absolute Gasteiger partial charge is 0.263 e. The lowest BCUT2D eigenvalue weighted by Gasteiger charge is -2.12. The lowest BCUT2D eigenvalue weighted by atomic mass is 10.1. The second-order valence-corrected chi connectivity index (χ2v) is 8.36. The second-order valence-electron chi connectivity index (χ2n) is 8.36. The highest BCUT2D eigenvalue weighted by Gasteiger charge is 2.12. The highest BCUT2D eigenvalue weighted by molar-refractivity contribution is 6.04. The lowest BCUT2D eigenvalue weighted by Crippen LogP contribution is -2.23. The van der Waals surface area contributed by atoms with Crippen molar-refractivity contribution >= 4 is 28.8 Å². The number of rotatable bonds is 10. The summed E-state index contributed by atoms with van der Waals surface area (Å²) in [7, 11) is 4.61. The van der Waals surface area contributed by atoms with Crippen LogP contribution in [0.3, 0.4) is 0 Å². The van der Waals surface area contributed by atoms with Crippen LogP contribution >= 0.6 is 0 Å². The van der Waals surface area contributed by atoms with Crippen LogP contribution in [-0.2, 0) is 11.5 Å². The molecule has 0 aliphatic rings. The van der Waals surface area contributed by atoms with Crippen LogP contribution in [0, 0.1) is 6.92 Å². The molecule has 8 heteroatoms. The molecule has 194 valence electrons. The van der Waals surface area contributed by atoms with Crippen molar-refractivity contribution in [2.75, 3.05) is 21.3 Å². The quantitative estimate of drug-likeness (QED) is 0.274. The van der Waals surface area contributed by atoms with E-state index in [9.17, 15) is 9.59 Å². The Bertz CT molecular complexity index is 1540. The van der Waals surface area contributed by atoms with Gasteiger partial charge in [0.1, 0.15) is 12.1 Å². The van der Waals surface area contributed by atoms with Crippen molar-refractivity contribution in [1.82, 2.24) is 9.55 Å². The summed E-state index contributed by atoms with van der Waals surface area (Å²) in [6, 6.07) is 16.2. The summed E-state index contributed by atoms with van der Waals surface area (Å²) in [4.78, 5) is 29.5. The Kier molecular flexibility index (Phi) is 8.23. The Morgan fingerprint density at radius 3 is 2.18 bits per heavy atom. The second kappa shape index (κ2) is 11.9. The third kappa shape index (κ3) is 5.92. The van der Waals surface area contributed by atoms with Gasteiger partial charge in [-0.15, -0.1) is 0 Å². The topological polar surface area (TPSA) is 88.9 Å². The molecule has 0 atom stereocenters. The molecule has 4 rings (SSSR count). The largest absolute Gasteiger partial charge is 0.493 e. The Morgan fingerprint density at radius 2 is 1.55 bits per heavy atom. The van der Waals surface area contributed by atoms with E-state index in [1.165, 1.54) is 44.4 Å². The molecule has 0 saturated carbocycles. The average molecular weight is 513 g/mol. The molecule has 8 nitrogen and oxygen atoms in total. The van der Waals surface area contributed by atoms with Crippen molar-refractivity contribution in [1.29, 1.82) is 0 Å². The molecule has 0 unspecified atom stereocenters. The van der Waals surface area contributed by atoms with E-state index in [-0.39, 0.29) is 18.1 Å². The van der Waals surface area contributed by atoms with Gasteiger partial charge in [-0.2, -0.15) is 0 Å². The number of methoxy groups -OCH3 is 3. The van der Waals surface area contributed by atoms with Crippen LogP contribution in [-0.4, -0.2) is 36.7 Å². The van der Waals surface area contributed by atoms with Crippen LogP contribution in [0.2, 0.25) is 0 Å². The number of hydrogen-bond acceptors (Lipinski definition) is 7. The molecule has 0 aliphatic heterocycles. The summed E-state index contributed by atoms with van der Waals surface area (Å²) in [5.74, 6) is 1.91. The van der Waals surface area contributed by atoms with Gasteiger partial charge in [-0.25, -0.2) is 4.98 Å². The zero-order valence-electron chi connectivity index (χ0n) is 21.6. The fraction of sp³-hybridized carbons (Fsp3) is 0.167. The molecule has 38 heavy (non-hydrogen) atoms. The van der Waals surface area contributed by atoms with E-state index in [2.05, 4.69) is 4.98 Å². The van der Waals surface area contributed by atoms with E-state index in [1.54, 1.807) is 42.5 Å². The van der Waals surface area contributed by atoms with Crippen molar-refractivity contribution in [3.63, 3.8) is 0 Å². The molecule has 0 radical (unpaired) electrons. The number of nitrogens with zero attached hydrogens (tertiary/aromatic N) is 2. The van der Waals surface area contributed by atoms with E-state index < -0.39 is 0 Å². The van der Waals surface area contributed by atoms with Crippen LogP contribution in [0.15, 0.2) is 77.9 Å². The normalized spacial score (nSPS) is 11.3. The summed E-state index contributed by atoms with van der Waals surface area (Å²) in [5.41, 5.74) is 3.05.